The molecule has 0 aliphatic carbocycles. The zero-order valence-corrected chi connectivity index (χ0v) is 24.4. The van der Waals surface area contributed by atoms with Crippen molar-refractivity contribution in [3.05, 3.63) is 0 Å². The van der Waals surface area contributed by atoms with Crippen LogP contribution in [-0.4, -0.2) is 11.1 Å². The Morgan fingerprint density at radius 2 is 0.600 bits per heavy atom. The third-order valence-electron chi connectivity index (χ3n) is 7.91. The lowest BCUT2D eigenvalue weighted by molar-refractivity contribution is -0.142. The Hall–Kier alpha value is -0.530. The first-order valence-corrected chi connectivity index (χ1v) is 16.4. The first-order chi connectivity index (χ1) is 17.2. The van der Waals surface area contributed by atoms with Crippen molar-refractivity contribution in [2.24, 2.45) is 5.92 Å². The van der Waals surface area contributed by atoms with Gasteiger partial charge in [0.2, 0.25) is 0 Å². The highest BCUT2D eigenvalue weighted by Crippen LogP contribution is 2.20. The number of carboxylic acids is 1. The van der Waals surface area contributed by atoms with Crippen LogP contribution in [0.4, 0.5) is 0 Å². The Morgan fingerprint density at radius 1 is 0.400 bits per heavy atom. The van der Waals surface area contributed by atoms with E-state index in [0.717, 1.165) is 25.7 Å². The fourth-order valence-corrected chi connectivity index (χ4v) is 5.39. The normalized spacial score (nSPS) is 12.3. The molecule has 0 spiro atoms. The number of carboxylic acid groups (broad SMARTS) is 1. The fraction of sp³-hybridized carbons (Fsp3) is 0.970. The van der Waals surface area contributed by atoms with Gasteiger partial charge in [-0.3, -0.25) is 4.79 Å². The van der Waals surface area contributed by atoms with E-state index in [9.17, 15) is 9.90 Å². The molecular weight excluding hydrogens is 428 g/mol. The largest absolute Gasteiger partial charge is 0.481 e. The predicted molar refractivity (Wildman–Crippen MR) is 156 cm³/mol. The number of aliphatic carboxylic acids is 1. The molecule has 0 aliphatic rings. The van der Waals surface area contributed by atoms with Gasteiger partial charge in [-0.05, 0) is 12.8 Å². The molecule has 1 N–H and O–H groups in total. The van der Waals surface area contributed by atoms with Crippen LogP contribution >= 0.6 is 0 Å². The molecule has 0 saturated carbocycles. The highest BCUT2D eigenvalue weighted by Gasteiger charge is 2.16. The van der Waals surface area contributed by atoms with E-state index in [1.165, 1.54) is 161 Å². The molecule has 210 valence electrons. The topological polar surface area (TPSA) is 37.3 Å². The van der Waals surface area contributed by atoms with Crippen molar-refractivity contribution in [3.63, 3.8) is 0 Å². The zero-order chi connectivity index (χ0) is 25.7. The van der Waals surface area contributed by atoms with Gasteiger partial charge in [-0.1, -0.05) is 187 Å². The van der Waals surface area contributed by atoms with Crippen molar-refractivity contribution < 1.29 is 9.90 Å². The monoisotopic (exact) mass is 495 g/mol. The molecule has 2 nitrogen and oxygen atoms in total. The summed E-state index contributed by atoms with van der Waals surface area (Å²) in [6.45, 7) is 4.55. The van der Waals surface area contributed by atoms with Gasteiger partial charge in [0.1, 0.15) is 0 Å². The summed E-state index contributed by atoms with van der Waals surface area (Å²) >= 11 is 0. The van der Waals surface area contributed by atoms with Crippen molar-refractivity contribution >= 4 is 5.97 Å². The van der Waals surface area contributed by atoms with Crippen LogP contribution < -0.4 is 0 Å². The summed E-state index contributed by atoms with van der Waals surface area (Å²) in [6, 6.07) is 0. The second-order valence-corrected chi connectivity index (χ2v) is 11.5. The van der Waals surface area contributed by atoms with Crippen LogP contribution in [0.3, 0.4) is 0 Å². The maximum Gasteiger partial charge on any atom is 0.306 e. The van der Waals surface area contributed by atoms with Crippen molar-refractivity contribution in [2.45, 2.75) is 200 Å². The molecule has 0 aromatic carbocycles. The first-order valence-electron chi connectivity index (χ1n) is 16.4. The first kappa shape index (κ1) is 34.5. The van der Waals surface area contributed by atoms with Gasteiger partial charge < -0.3 is 5.11 Å². The minimum absolute atomic E-state index is 0.0964. The summed E-state index contributed by atoms with van der Waals surface area (Å²) in [5, 5.41) is 9.52. The molecular formula is C33H66O2. The molecule has 0 radical (unpaired) electrons. The Labute approximate surface area is 221 Å². The van der Waals surface area contributed by atoms with Crippen molar-refractivity contribution in [2.75, 3.05) is 0 Å². The van der Waals surface area contributed by atoms with E-state index in [1.807, 2.05) is 0 Å². The maximum atomic E-state index is 11.6. The average molecular weight is 495 g/mol. The number of hydrogen-bond donors (Lipinski definition) is 1. The highest BCUT2D eigenvalue weighted by atomic mass is 16.4. The van der Waals surface area contributed by atoms with Gasteiger partial charge in [0.25, 0.3) is 0 Å². The molecule has 1 atom stereocenters. The van der Waals surface area contributed by atoms with Gasteiger partial charge in [-0.25, -0.2) is 0 Å². The predicted octanol–water partition coefficient (Wildman–Crippen LogP) is 12.0. The molecule has 0 bridgehead atoms. The smallest absolute Gasteiger partial charge is 0.306 e. The Balaban J connectivity index is 3.33. The maximum absolute atomic E-state index is 11.6. The minimum Gasteiger partial charge on any atom is -0.481 e. The van der Waals surface area contributed by atoms with Gasteiger partial charge >= 0.3 is 5.97 Å². The summed E-state index contributed by atoms with van der Waals surface area (Å²) in [6.07, 6.45) is 38.5. The molecule has 1 unspecified atom stereocenters. The van der Waals surface area contributed by atoms with Crippen LogP contribution in [0.25, 0.3) is 0 Å². The third kappa shape index (κ3) is 27.9. The van der Waals surface area contributed by atoms with Crippen LogP contribution in [0, 0.1) is 5.92 Å². The van der Waals surface area contributed by atoms with Crippen LogP contribution in [0.1, 0.15) is 200 Å². The van der Waals surface area contributed by atoms with E-state index in [1.54, 1.807) is 0 Å². The lowest BCUT2D eigenvalue weighted by Gasteiger charge is -2.12. The second-order valence-electron chi connectivity index (χ2n) is 11.5. The Bertz CT molecular complexity index is 406. The number of hydrogen-bond acceptors (Lipinski definition) is 1. The number of carbonyl (C=O) groups is 1. The highest BCUT2D eigenvalue weighted by molar-refractivity contribution is 5.69. The molecule has 2 heteroatoms. The summed E-state index contributed by atoms with van der Waals surface area (Å²) in [4.78, 5) is 11.6. The zero-order valence-electron chi connectivity index (χ0n) is 24.4. The standard InChI is InChI=1S/C33H66O2/c1-3-5-7-9-11-13-14-15-16-17-18-19-20-21-22-23-25-27-29-31-32(33(34)35)30-28-26-24-12-10-8-6-4-2/h32H,3-31H2,1-2H3,(H,34,35). The Morgan fingerprint density at radius 3 is 0.800 bits per heavy atom. The molecule has 0 aliphatic heterocycles. The van der Waals surface area contributed by atoms with Crippen molar-refractivity contribution in [1.82, 2.24) is 0 Å². The van der Waals surface area contributed by atoms with Gasteiger partial charge in [-0.2, -0.15) is 0 Å². The summed E-state index contributed by atoms with van der Waals surface area (Å²) in [7, 11) is 0. The lowest BCUT2D eigenvalue weighted by atomic mass is 9.94. The molecule has 0 rings (SSSR count). The van der Waals surface area contributed by atoms with Gasteiger partial charge in [0.15, 0.2) is 0 Å². The molecule has 35 heavy (non-hydrogen) atoms. The lowest BCUT2D eigenvalue weighted by Crippen LogP contribution is -2.13. The number of unbranched alkanes of at least 4 members (excludes halogenated alkanes) is 25. The van der Waals surface area contributed by atoms with Crippen LogP contribution in [0.2, 0.25) is 0 Å². The summed E-state index contributed by atoms with van der Waals surface area (Å²) in [5.41, 5.74) is 0. The molecule has 0 aromatic rings. The SMILES string of the molecule is CCCCCCCCCCCCCCCCCCCCCC(CCCCCCCCCC)C(=O)O. The molecule has 0 saturated heterocycles. The summed E-state index contributed by atoms with van der Waals surface area (Å²) in [5.74, 6) is -0.656. The molecule has 0 fully saturated rings. The van der Waals surface area contributed by atoms with E-state index in [2.05, 4.69) is 13.8 Å². The van der Waals surface area contributed by atoms with Crippen molar-refractivity contribution in [1.29, 1.82) is 0 Å². The number of rotatable bonds is 30. The van der Waals surface area contributed by atoms with Crippen LogP contribution in [-0.2, 0) is 4.79 Å². The van der Waals surface area contributed by atoms with E-state index in [4.69, 9.17) is 0 Å². The van der Waals surface area contributed by atoms with Crippen LogP contribution in [0.5, 0.6) is 0 Å². The fourth-order valence-electron chi connectivity index (χ4n) is 5.39. The molecule has 0 aromatic heterocycles. The van der Waals surface area contributed by atoms with E-state index < -0.39 is 5.97 Å². The Kier molecular flexibility index (Phi) is 29.2. The summed E-state index contributed by atoms with van der Waals surface area (Å²) < 4.78 is 0. The molecule has 0 heterocycles. The van der Waals surface area contributed by atoms with Gasteiger partial charge in [0, 0.05) is 0 Å². The third-order valence-corrected chi connectivity index (χ3v) is 7.91. The molecule has 0 amide bonds. The minimum atomic E-state index is -0.560. The van der Waals surface area contributed by atoms with E-state index in [-0.39, 0.29) is 5.92 Å². The van der Waals surface area contributed by atoms with E-state index >= 15 is 0 Å². The van der Waals surface area contributed by atoms with E-state index in [0.29, 0.717) is 0 Å². The van der Waals surface area contributed by atoms with Gasteiger partial charge in [-0.15, -0.1) is 0 Å². The average Bonchev–Trinajstić information content (AvgIpc) is 2.85. The second kappa shape index (κ2) is 29.7. The van der Waals surface area contributed by atoms with Crippen LogP contribution in [0.15, 0.2) is 0 Å². The van der Waals surface area contributed by atoms with Crippen molar-refractivity contribution in [3.8, 4) is 0 Å². The quantitative estimate of drug-likeness (QED) is 0.101. The van der Waals surface area contributed by atoms with Gasteiger partial charge in [0.05, 0.1) is 5.92 Å².